The first-order valence-corrected chi connectivity index (χ1v) is 14.1. The zero-order valence-corrected chi connectivity index (χ0v) is 24.1. The Bertz CT molecular complexity index is 1280. The van der Waals surface area contributed by atoms with E-state index in [9.17, 15) is 14.0 Å². The number of carboxylic acid groups (broad SMARTS) is 1. The van der Waals surface area contributed by atoms with Gasteiger partial charge in [0.15, 0.2) is 0 Å². The number of pyridine rings is 1. The van der Waals surface area contributed by atoms with Crippen LogP contribution in [-0.4, -0.2) is 77.7 Å². The number of alkyl halides is 1. The second kappa shape index (κ2) is 16.2. The van der Waals surface area contributed by atoms with E-state index in [2.05, 4.69) is 16.5 Å². The van der Waals surface area contributed by atoms with Crippen LogP contribution in [0.3, 0.4) is 0 Å². The normalized spacial score (nSPS) is 19.0. The third-order valence-electron chi connectivity index (χ3n) is 6.86. The summed E-state index contributed by atoms with van der Waals surface area (Å²) in [5, 5.41) is 9.04. The molecular weight excluding hydrogens is 521 g/mol. The maximum Gasteiger partial charge on any atom is 0.303 e. The first-order valence-electron chi connectivity index (χ1n) is 14.1. The molecule has 1 amide bonds. The summed E-state index contributed by atoms with van der Waals surface area (Å²) in [5.41, 5.74) is 5.21. The fourth-order valence-electron chi connectivity index (χ4n) is 4.77. The van der Waals surface area contributed by atoms with Crippen LogP contribution in [0.2, 0.25) is 0 Å². The lowest BCUT2D eigenvalue weighted by Crippen LogP contribution is -2.49. The van der Waals surface area contributed by atoms with Crippen molar-refractivity contribution in [3.05, 3.63) is 83.9 Å². The van der Waals surface area contributed by atoms with Crippen molar-refractivity contribution in [1.29, 1.82) is 0 Å². The van der Waals surface area contributed by atoms with Gasteiger partial charge in [-0.25, -0.2) is 9.38 Å². The first kappa shape index (κ1) is 31.4. The summed E-state index contributed by atoms with van der Waals surface area (Å²) in [6.07, 6.45) is 16.4. The second-order valence-corrected chi connectivity index (χ2v) is 9.90. The molecule has 1 aromatic heterocycles. The highest BCUT2D eigenvalue weighted by atomic mass is 19.1. The number of hydrogen-bond acceptors (Lipinski definition) is 6. The van der Waals surface area contributed by atoms with Crippen molar-refractivity contribution in [3.63, 3.8) is 0 Å². The van der Waals surface area contributed by atoms with Crippen molar-refractivity contribution in [3.8, 4) is 0 Å². The summed E-state index contributed by atoms with van der Waals surface area (Å²) in [6, 6.07) is 2.01. The minimum Gasteiger partial charge on any atom is -0.481 e. The summed E-state index contributed by atoms with van der Waals surface area (Å²) in [6.45, 7) is 10.4. The van der Waals surface area contributed by atoms with Crippen molar-refractivity contribution in [2.24, 2.45) is 9.98 Å². The standard InChI is InChI=1S/C32H40FN5O3/c1-4-8-26(9-7-16-33)31-28(10-5-6-11-30(39)40)35-18-14-27(13-12-25(3)36-31)32(41)38-21-19-37(20-22-38)29-15-17-34-23-24(29)2/h7-9,12-15,17,23H,3-6,10-11,16,18-22H2,1-2H3,(H,39,40)/b9-7-,13-12-,26-8+,27-14+,35-28?,36-31?. The number of rotatable bonds is 11. The number of aryl methyl sites for hydroxylation is 1. The number of halogens is 1. The number of carbonyl (C=O) groups excluding carboxylic acids is 1. The molecule has 1 N–H and O–H groups in total. The maximum atomic E-state index is 13.5. The van der Waals surface area contributed by atoms with Crippen molar-refractivity contribution in [1.82, 2.24) is 9.88 Å². The van der Waals surface area contributed by atoms with E-state index >= 15 is 0 Å². The molecule has 0 radical (unpaired) electrons. The zero-order valence-electron chi connectivity index (χ0n) is 24.1. The van der Waals surface area contributed by atoms with Gasteiger partial charge in [0, 0.05) is 56.3 Å². The molecule has 9 heteroatoms. The molecule has 41 heavy (non-hydrogen) atoms. The van der Waals surface area contributed by atoms with E-state index in [-0.39, 0.29) is 18.9 Å². The zero-order chi connectivity index (χ0) is 29.6. The summed E-state index contributed by atoms with van der Waals surface area (Å²) < 4.78 is 13.0. The summed E-state index contributed by atoms with van der Waals surface area (Å²) >= 11 is 0. The number of aliphatic carboxylic acids is 1. The number of allylic oxidation sites excluding steroid dienone is 5. The summed E-state index contributed by atoms with van der Waals surface area (Å²) in [4.78, 5) is 42.4. The van der Waals surface area contributed by atoms with Gasteiger partial charge in [-0.05, 0) is 62.0 Å². The molecule has 0 saturated carbocycles. The molecular formula is C32H40FN5O3. The van der Waals surface area contributed by atoms with Gasteiger partial charge in [0.05, 0.1) is 23.7 Å². The predicted octanol–water partition coefficient (Wildman–Crippen LogP) is 5.44. The number of unbranched alkanes of at least 4 members (excludes halogenated alkanes) is 1. The lowest BCUT2D eigenvalue weighted by Gasteiger charge is -2.37. The molecule has 0 bridgehead atoms. The number of anilines is 1. The quantitative estimate of drug-likeness (QED) is 0.287. The number of amides is 1. The van der Waals surface area contributed by atoms with E-state index in [0.717, 1.165) is 29.9 Å². The van der Waals surface area contributed by atoms with E-state index < -0.39 is 12.6 Å². The smallest absolute Gasteiger partial charge is 0.303 e. The van der Waals surface area contributed by atoms with Crippen molar-refractivity contribution < 1.29 is 19.1 Å². The highest BCUT2D eigenvalue weighted by molar-refractivity contribution is 6.49. The Labute approximate surface area is 242 Å². The fraction of sp³-hybridized carbons (Fsp3) is 0.406. The molecule has 1 aromatic rings. The number of aromatic nitrogens is 1. The molecule has 0 spiro atoms. The molecule has 2 aliphatic heterocycles. The van der Waals surface area contributed by atoms with Gasteiger partial charge in [0.2, 0.25) is 0 Å². The van der Waals surface area contributed by atoms with Crippen molar-refractivity contribution in [2.45, 2.75) is 46.0 Å². The van der Waals surface area contributed by atoms with E-state index in [1.54, 1.807) is 24.4 Å². The molecule has 0 atom stereocenters. The summed E-state index contributed by atoms with van der Waals surface area (Å²) in [5.74, 6) is -0.911. The minimum absolute atomic E-state index is 0.0689. The Hall–Kier alpha value is -4.14. The highest BCUT2D eigenvalue weighted by Crippen LogP contribution is 2.21. The van der Waals surface area contributed by atoms with E-state index in [4.69, 9.17) is 15.1 Å². The molecule has 218 valence electrons. The van der Waals surface area contributed by atoms with Crippen molar-refractivity contribution in [2.75, 3.05) is 44.3 Å². The Kier molecular flexibility index (Phi) is 12.4. The lowest BCUT2D eigenvalue weighted by molar-refractivity contribution is -0.137. The molecule has 1 fully saturated rings. The molecule has 0 aliphatic carbocycles. The van der Waals surface area contributed by atoms with Gasteiger partial charge >= 0.3 is 5.97 Å². The fourth-order valence-corrected chi connectivity index (χ4v) is 4.77. The van der Waals surface area contributed by atoms with Crippen LogP contribution >= 0.6 is 0 Å². The second-order valence-electron chi connectivity index (χ2n) is 9.90. The van der Waals surface area contributed by atoms with Gasteiger partial charge in [0.25, 0.3) is 5.91 Å². The van der Waals surface area contributed by atoms with Crippen LogP contribution in [0, 0.1) is 6.92 Å². The van der Waals surface area contributed by atoms with Gasteiger partial charge in [-0.1, -0.05) is 37.8 Å². The molecule has 0 aromatic carbocycles. The molecule has 2 aliphatic rings. The summed E-state index contributed by atoms with van der Waals surface area (Å²) in [7, 11) is 0. The monoisotopic (exact) mass is 561 g/mol. The van der Waals surface area contributed by atoms with Crippen LogP contribution in [-0.2, 0) is 9.59 Å². The van der Waals surface area contributed by atoms with E-state index in [0.29, 0.717) is 61.5 Å². The largest absolute Gasteiger partial charge is 0.481 e. The third-order valence-corrected chi connectivity index (χ3v) is 6.86. The molecule has 3 rings (SSSR count). The number of nitrogens with zero attached hydrogens (tertiary/aromatic N) is 5. The van der Waals surface area contributed by atoms with E-state index in [1.165, 1.54) is 6.08 Å². The third kappa shape index (κ3) is 9.48. The van der Waals surface area contributed by atoms with Gasteiger partial charge in [-0.15, -0.1) is 0 Å². The van der Waals surface area contributed by atoms with Crippen LogP contribution in [0.5, 0.6) is 0 Å². The van der Waals surface area contributed by atoms with Gasteiger partial charge in [-0.3, -0.25) is 19.6 Å². The van der Waals surface area contributed by atoms with Gasteiger partial charge < -0.3 is 14.9 Å². The number of hydrogen-bond donors (Lipinski definition) is 1. The minimum atomic E-state index is -0.842. The Morgan fingerprint density at radius 1 is 1.17 bits per heavy atom. The number of carboxylic acids is 1. The Morgan fingerprint density at radius 3 is 2.63 bits per heavy atom. The topological polar surface area (TPSA) is 98.5 Å². The molecule has 1 saturated heterocycles. The number of aliphatic imine (C=N–C) groups is 2. The van der Waals surface area contributed by atoms with Crippen LogP contribution in [0.1, 0.15) is 44.6 Å². The number of carbonyl (C=O) groups is 2. The Balaban J connectivity index is 1.82. The van der Waals surface area contributed by atoms with Crippen molar-refractivity contribution >= 4 is 29.0 Å². The SMILES string of the molecule is C=C1/C=C\C(C(=O)N2CCN(c3ccncc3C)CC2)=C/CN=C(CCCCC(=O)O)C(C(/C=C\CF)=C/CC)=N1. The number of piperazine rings is 1. The predicted molar refractivity (Wildman–Crippen MR) is 163 cm³/mol. The van der Waals surface area contributed by atoms with Gasteiger partial charge in [0.1, 0.15) is 6.67 Å². The maximum absolute atomic E-state index is 13.5. The molecule has 8 nitrogen and oxygen atoms in total. The van der Waals surface area contributed by atoms with Crippen LogP contribution < -0.4 is 4.90 Å². The average molecular weight is 562 g/mol. The van der Waals surface area contributed by atoms with E-state index in [1.807, 2.05) is 43.2 Å². The Morgan fingerprint density at radius 2 is 1.95 bits per heavy atom. The van der Waals surface area contributed by atoms with Crippen LogP contribution in [0.4, 0.5) is 10.1 Å². The van der Waals surface area contributed by atoms with Gasteiger partial charge in [-0.2, -0.15) is 0 Å². The average Bonchev–Trinajstić information content (AvgIpc) is 2.97. The molecule has 3 heterocycles. The van der Waals surface area contributed by atoms with Crippen LogP contribution in [0.15, 0.2) is 88.3 Å². The van der Waals surface area contributed by atoms with Crippen LogP contribution in [0.25, 0.3) is 0 Å². The first-order chi connectivity index (χ1) is 19.8. The lowest BCUT2D eigenvalue weighted by atomic mass is 9.98. The highest BCUT2D eigenvalue weighted by Gasteiger charge is 2.24. The molecule has 0 unspecified atom stereocenters.